The summed E-state index contributed by atoms with van der Waals surface area (Å²) in [6.07, 6.45) is 4.35. The second-order valence-electron chi connectivity index (χ2n) is 7.27. The van der Waals surface area contributed by atoms with Gasteiger partial charge in [0.05, 0.1) is 25.7 Å². The van der Waals surface area contributed by atoms with Crippen LogP contribution in [0, 0.1) is 11.8 Å². The van der Waals surface area contributed by atoms with Gasteiger partial charge in [0.15, 0.2) is 6.29 Å². The Morgan fingerprint density at radius 1 is 1.16 bits per heavy atom. The van der Waals surface area contributed by atoms with Gasteiger partial charge < -0.3 is 18.9 Å². The molecule has 2 heterocycles. The lowest BCUT2D eigenvalue weighted by molar-refractivity contribution is -0.200. The molecule has 1 unspecified atom stereocenters. The van der Waals surface area contributed by atoms with Gasteiger partial charge in [0.1, 0.15) is 6.10 Å². The highest BCUT2D eigenvalue weighted by atomic mass is 16.7. The Bertz CT molecular complexity index is 569. The van der Waals surface area contributed by atoms with Crippen LogP contribution in [0.1, 0.15) is 37.7 Å². The Labute approximate surface area is 148 Å². The van der Waals surface area contributed by atoms with Crippen LogP contribution in [0.25, 0.3) is 0 Å². The summed E-state index contributed by atoms with van der Waals surface area (Å²) in [6, 6.07) is 10.1. The number of rotatable bonds is 6. The maximum absolute atomic E-state index is 11.7. The maximum atomic E-state index is 11.7. The molecule has 2 saturated heterocycles. The fraction of sp³-hybridized carbons (Fsp3) is 0.650. The van der Waals surface area contributed by atoms with E-state index in [4.69, 9.17) is 18.9 Å². The van der Waals surface area contributed by atoms with E-state index in [-0.39, 0.29) is 36.3 Å². The predicted octanol–water partition coefficient (Wildman–Crippen LogP) is 3.07. The van der Waals surface area contributed by atoms with Crippen molar-refractivity contribution in [3.05, 3.63) is 35.9 Å². The molecule has 0 bridgehead atoms. The average molecular weight is 346 g/mol. The molecule has 5 heteroatoms. The molecule has 3 fully saturated rings. The molecular weight excluding hydrogens is 320 g/mol. The quantitative estimate of drug-likeness (QED) is 0.741. The number of hydrogen-bond donors (Lipinski definition) is 0. The number of carbonyl (C=O) groups is 1. The van der Waals surface area contributed by atoms with Gasteiger partial charge in [-0.15, -0.1) is 0 Å². The molecular formula is C20H26O5. The smallest absolute Gasteiger partial charge is 0.306 e. The van der Waals surface area contributed by atoms with Crippen molar-refractivity contribution >= 4 is 5.97 Å². The number of hydrogen-bond acceptors (Lipinski definition) is 5. The van der Waals surface area contributed by atoms with Crippen molar-refractivity contribution in [2.75, 3.05) is 13.2 Å². The van der Waals surface area contributed by atoms with Crippen LogP contribution >= 0.6 is 0 Å². The number of benzene rings is 1. The lowest BCUT2D eigenvalue weighted by Gasteiger charge is -2.29. The highest BCUT2D eigenvalue weighted by molar-refractivity contribution is 5.72. The van der Waals surface area contributed by atoms with Gasteiger partial charge in [-0.1, -0.05) is 30.3 Å². The molecule has 25 heavy (non-hydrogen) atoms. The van der Waals surface area contributed by atoms with Gasteiger partial charge in [-0.2, -0.15) is 0 Å². The minimum Gasteiger partial charge on any atom is -0.462 e. The van der Waals surface area contributed by atoms with Crippen LogP contribution in [0.2, 0.25) is 0 Å². The largest absolute Gasteiger partial charge is 0.462 e. The molecule has 3 aliphatic rings. The molecule has 4 rings (SSSR count). The highest BCUT2D eigenvalue weighted by Gasteiger charge is 2.51. The normalized spacial score (nSPS) is 34.7. The molecule has 5 nitrogen and oxygen atoms in total. The van der Waals surface area contributed by atoms with Crippen LogP contribution in [0.15, 0.2) is 30.3 Å². The number of esters is 1. The third-order valence-electron chi connectivity index (χ3n) is 5.54. The second kappa shape index (κ2) is 7.85. The Balaban J connectivity index is 1.36. The predicted molar refractivity (Wildman–Crippen MR) is 90.7 cm³/mol. The summed E-state index contributed by atoms with van der Waals surface area (Å²) in [4.78, 5) is 11.7. The van der Waals surface area contributed by atoms with E-state index in [1.54, 1.807) is 0 Å². The monoisotopic (exact) mass is 346 g/mol. The molecule has 0 amide bonds. The molecule has 0 radical (unpaired) electrons. The summed E-state index contributed by atoms with van der Waals surface area (Å²) in [5.74, 6) is 0.304. The summed E-state index contributed by atoms with van der Waals surface area (Å²) in [7, 11) is 0. The van der Waals surface area contributed by atoms with E-state index in [1.165, 1.54) is 0 Å². The van der Waals surface area contributed by atoms with Crippen LogP contribution in [-0.2, 0) is 30.3 Å². The molecule has 1 aromatic rings. The van der Waals surface area contributed by atoms with Crippen LogP contribution in [0.5, 0.6) is 0 Å². The molecule has 0 spiro atoms. The first-order chi connectivity index (χ1) is 12.3. The lowest BCUT2D eigenvalue weighted by atomic mass is 9.93. The fourth-order valence-corrected chi connectivity index (χ4v) is 4.25. The van der Waals surface area contributed by atoms with E-state index in [2.05, 4.69) is 12.1 Å². The van der Waals surface area contributed by atoms with Crippen molar-refractivity contribution in [2.24, 2.45) is 11.8 Å². The number of fused-ring (bicyclic) bond motifs is 1. The zero-order valence-electron chi connectivity index (χ0n) is 14.5. The van der Waals surface area contributed by atoms with Gasteiger partial charge in [-0.25, -0.2) is 0 Å². The van der Waals surface area contributed by atoms with Crippen molar-refractivity contribution < 1.29 is 23.7 Å². The van der Waals surface area contributed by atoms with Crippen LogP contribution in [0.3, 0.4) is 0 Å². The van der Waals surface area contributed by atoms with Crippen molar-refractivity contribution in [3.63, 3.8) is 0 Å². The van der Waals surface area contributed by atoms with E-state index in [1.807, 2.05) is 18.2 Å². The van der Waals surface area contributed by atoms with E-state index < -0.39 is 0 Å². The fourth-order valence-electron chi connectivity index (χ4n) is 4.25. The molecule has 1 saturated carbocycles. The Kier molecular flexibility index (Phi) is 5.34. The first-order valence-corrected chi connectivity index (χ1v) is 9.38. The van der Waals surface area contributed by atoms with Gasteiger partial charge in [-0.3, -0.25) is 4.79 Å². The molecule has 1 aromatic carbocycles. The second-order valence-corrected chi connectivity index (χ2v) is 7.27. The minimum absolute atomic E-state index is 0.0218. The minimum atomic E-state index is -0.120. The van der Waals surface area contributed by atoms with E-state index in [9.17, 15) is 4.79 Å². The van der Waals surface area contributed by atoms with E-state index in [0.717, 1.165) is 37.9 Å². The molecule has 1 aliphatic carbocycles. The molecule has 2 aliphatic heterocycles. The Morgan fingerprint density at radius 2 is 2.04 bits per heavy atom. The Hall–Kier alpha value is -1.43. The third kappa shape index (κ3) is 4.05. The maximum Gasteiger partial charge on any atom is 0.306 e. The molecule has 5 atom stereocenters. The van der Waals surface area contributed by atoms with Crippen molar-refractivity contribution in [2.45, 2.75) is 57.2 Å². The van der Waals surface area contributed by atoms with Crippen LogP contribution < -0.4 is 0 Å². The third-order valence-corrected chi connectivity index (χ3v) is 5.54. The summed E-state index contributed by atoms with van der Waals surface area (Å²) < 4.78 is 23.4. The molecule has 0 N–H and O–H groups in total. The van der Waals surface area contributed by atoms with Gasteiger partial charge in [0.2, 0.25) is 0 Å². The van der Waals surface area contributed by atoms with Gasteiger partial charge >= 0.3 is 5.97 Å². The van der Waals surface area contributed by atoms with Crippen molar-refractivity contribution in [3.8, 4) is 0 Å². The summed E-state index contributed by atoms with van der Waals surface area (Å²) in [5.41, 5.74) is 1.16. The SMILES string of the molecule is O=C1C[C@@H]2[C@@H](COCc3ccccc3)[C@H](OC3CCCCO3)C[C@@H]2O1. The number of ether oxygens (including phenoxy) is 4. The van der Waals surface area contributed by atoms with Crippen LogP contribution in [-0.4, -0.2) is 37.7 Å². The van der Waals surface area contributed by atoms with Crippen LogP contribution in [0.4, 0.5) is 0 Å². The lowest BCUT2D eigenvalue weighted by Crippen LogP contribution is -2.33. The highest BCUT2D eigenvalue weighted by Crippen LogP contribution is 2.43. The number of carbonyl (C=O) groups excluding carboxylic acids is 1. The summed E-state index contributed by atoms with van der Waals surface area (Å²) in [6.45, 7) is 1.94. The first-order valence-electron chi connectivity index (χ1n) is 9.38. The van der Waals surface area contributed by atoms with Gasteiger partial charge in [0, 0.05) is 24.9 Å². The zero-order valence-corrected chi connectivity index (χ0v) is 14.5. The molecule has 0 aromatic heterocycles. The average Bonchev–Trinajstić information content (AvgIpc) is 3.13. The Morgan fingerprint density at radius 3 is 2.84 bits per heavy atom. The zero-order chi connectivity index (χ0) is 17.1. The first kappa shape index (κ1) is 17.0. The topological polar surface area (TPSA) is 54.0 Å². The summed E-state index contributed by atoms with van der Waals surface area (Å²) in [5, 5.41) is 0. The van der Waals surface area contributed by atoms with Crippen molar-refractivity contribution in [1.29, 1.82) is 0 Å². The van der Waals surface area contributed by atoms with Crippen molar-refractivity contribution in [1.82, 2.24) is 0 Å². The summed E-state index contributed by atoms with van der Waals surface area (Å²) >= 11 is 0. The molecule has 136 valence electrons. The van der Waals surface area contributed by atoms with E-state index >= 15 is 0 Å². The van der Waals surface area contributed by atoms with Gasteiger partial charge in [0.25, 0.3) is 0 Å². The van der Waals surface area contributed by atoms with Gasteiger partial charge in [-0.05, 0) is 24.8 Å². The standard InChI is InChI=1S/C20H26O5/c21-19-10-15-16(13-22-12-14-6-2-1-3-7-14)18(11-17(15)24-19)25-20-8-4-5-9-23-20/h1-3,6-7,15-18,20H,4-5,8-13H2/t15-,16-,17+,18-,20?/m1/s1. The van der Waals surface area contributed by atoms with E-state index in [0.29, 0.717) is 19.6 Å².